The molecule has 1 aromatic rings. The minimum atomic E-state index is -0.582. The summed E-state index contributed by atoms with van der Waals surface area (Å²) in [7, 11) is 1.30. The standard InChI is InChI=1S/C18H26N2O4/c1-13(2)11-15(19-18(22)23-3)17(21)20-9-10-24-16(12-20)14-7-5-4-6-8-14/h4-8,13,15-16H,9-12H2,1-3H3,(H,19,22)/t15-,16-/m0/s1. The van der Waals surface area contributed by atoms with E-state index >= 15 is 0 Å². The third kappa shape index (κ3) is 4.96. The number of carbonyl (C=O) groups excluding carboxylic acids is 2. The maximum atomic E-state index is 12.9. The van der Waals surface area contributed by atoms with Crippen LogP contribution in [0.4, 0.5) is 4.79 Å². The van der Waals surface area contributed by atoms with E-state index in [4.69, 9.17) is 4.74 Å². The van der Waals surface area contributed by atoms with Crippen LogP contribution in [0.25, 0.3) is 0 Å². The summed E-state index contributed by atoms with van der Waals surface area (Å²) >= 11 is 0. The number of amides is 2. The second-order valence-corrected chi connectivity index (χ2v) is 6.37. The molecule has 1 fully saturated rings. The van der Waals surface area contributed by atoms with Gasteiger partial charge in [-0.3, -0.25) is 4.79 Å². The molecule has 0 radical (unpaired) electrons. The highest BCUT2D eigenvalue weighted by atomic mass is 16.5. The molecule has 0 spiro atoms. The summed E-state index contributed by atoms with van der Waals surface area (Å²) in [6.45, 7) is 5.54. The molecule has 2 amide bonds. The second kappa shape index (κ2) is 8.68. The number of carbonyl (C=O) groups is 2. The Bertz CT molecular complexity index is 547. The first-order valence-electron chi connectivity index (χ1n) is 8.31. The van der Waals surface area contributed by atoms with Crippen molar-refractivity contribution >= 4 is 12.0 Å². The van der Waals surface area contributed by atoms with Crippen LogP contribution in [0, 0.1) is 5.92 Å². The molecule has 0 aromatic heterocycles. The zero-order valence-electron chi connectivity index (χ0n) is 14.5. The summed E-state index contributed by atoms with van der Waals surface area (Å²) in [6, 6.07) is 9.29. The Labute approximate surface area is 143 Å². The third-order valence-corrected chi connectivity index (χ3v) is 4.03. The molecule has 2 rings (SSSR count). The Morgan fingerprint density at radius 2 is 2.04 bits per heavy atom. The van der Waals surface area contributed by atoms with E-state index in [1.165, 1.54) is 7.11 Å². The van der Waals surface area contributed by atoms with Crippen molar-refractivity contribution in [2.75, 3.05) is 26.8 Å². The van der Waals surface area contributed by atoms with Gasteiger partial charge in [0.1, 0.15) is 12.1 Å². The van der Waals surface area contributed by atoms with Gasteiger partial charge in [0.05, 0.1) is 20.3 Å². The second-order valence-electron chi connectivity index (χ2n) is 6.37. The Balaban J connectivity index is 2.06. The number of methoxy groups -OCH3 is 1. The van der Waals surface area contributed by atoms with Crippen molar-refractivity contribution in [1.29, 1.82) is 0 Å². The van der Waals surface area contributed by atoms with E-state index < -0.39 is 12.1 Å². The fourth-order valence-corrected chi connectivity index (χ4v) is 2.83. The molecule has 0 unspecified atom stereocenters. The molecule has 6 heteroatoms. The van der Waals surface area contributed by atoms with Crippen molar-refractivity contribution in [2.24, 2.45) is 5.92 Å². The molecule has 0 bridgehead atoms. The van der Waals surface area contributed by atoms with Crippen LogP contribution in [0.3, 0.4) is 0 Å². The van der Waals surface area contributed by atoms with Crippen molar-refractivity contribution in [1.82, 2.24) is 10.2 Å². The first-order chi connectivity index (χ1) is 11.5. The van der Waals surface area contributed by atoms with Gasteiger partial charge in [-0.1, -0.05) is 44.2 Å². The summed E-state index contributed by atoms with van der Waals surface area (Å²) in [5, 5.41) is 2.66. The molecule has 0 saturated carbocycles. The van der Waals surface area contributed by atoms with Gasteiger partial charge >= 0.3 is 6.09 Å². The van der Waals surface area contributed by atoms with Crippen LogP contribution in [0.2, 0.25) is 0 Å². The number of morpholine rings is 1. The third-order valence-electron chi connectivity index (χ3n) is 4.03. The number of ether oxygens (including phenoxy) is 2. The van der Waals surface area contributed by atoms with Gasteiger partial charge in [-0.15, -0.1) is 0 Å². The molecule has 1 heterocycles. The van der Waals surface area contributed by atoms with Crippen LogP contribution < -0.4 is 5.32 Å². The highest BCUT2D eigenvalue weighted by molar-refractivity contribution is 5.85. The molecule has 0 aliphatic carbocycles. The number of hydrogen-bond acceptors (Lipinski definition) is 4. The molecule has 24 heavy (non-hydrogen) atoms. The molecule has 132 valence electrons. The largest absolute Gasteiger partial charge is 0.453 e. The first kappa shape index (κ1) is 18.3. The molecular weight excluding hydrogens is 308 g/mol. The predicted molar refractivity (Wildman–Crippen MR) is 90.5 cm³/mol. The van der Waals surface area contributed by atoms with Gasteiger partial charge in [0.2, 0.25) is 5.91 Å². The fraction of sp³-hybridized carbons (Fsp3) is 0.556. The highest BCUT2D eigenvalue weighted by Crippen LogP contribution is 2.23. The smallest absolute Gasteiger partial charge is 0.407 e. The van der Waals surface area contributed by atoms with Crippen LogP contribution in [-0.4, -0.2) is 49.7 Å². The average molecular weight is 334 g/mol. The Morgan fingerprint density at radius 3 is 2.67 bits per heavy atom. The van der Waals surface area contributed by atoms with Crippen molar-refractivity contribution < 1.29 is 19.1 Å². The van der Waals surface area contributed by atoms with Crippen LogP contribution in [-0.2, 0) is 14.3 Å². The van der Waals surface area contributed by atoms with Gasteiger partial charge in [-0.05, 0) is 17.9 Å². The SMILES string of the molecule is COC(=O)N[C@@H](CC(C)C)C(=O)N1CCO[C@H](c2ccccc2)C1. The van der Waals surface area contributed by atoms with E-state index in [1.807, 2.05) is 44.2 Å². The maximum Gasteiger partial charge on any atom is 0.407 e. The van der Waals surface area contributed by atoms with E-state index in [1.54, 1.807) is 4.90 Å². The highest BCUT2D eigenvalue weighted by Gasteiger charge is 2.31. The number of nitrogens with one attached hydrogen (secondary N) is 1. The van der Waals surface area contributed by atoms with Gasteiger partial charge in [0, 0.05) is 6.54 Å². The predicted octanol–water partition coefficient (Wildman–Crippen LogP) is 2.36. The van der Waals surface area contributed by atoms with Crippen LogP contribution in [0.15, 0.2) is 30.3 Å². The molecular formula is C18H26N2O4. The van der Waals surface area contributed by atoms with Crippen molar-refractivity contribution in [2.45, 2.75) is 32.4 Å². The number of rotatable bonds is 5. The summed E-state index contributed by atoms with van der Waals surface area (Å²) in [5.74, 6) is 0.195. The maximum absolute atomic E-state index is 12.9. The summed E-state index contributed by atoms with van der Waals surface area (Å²) in [6.07, 6.45) is -0.148. The number of alkyl carbamates (subject to hydrolysis) is 1. The Hall–Kier alpha value is -2.08. The summed E-state index contributed by atoms with van der Waals surface area (Å²) in [4.78, 5) is 26.2. The summed E-state index contributed by atoms with van der Waals surface area (Å²) in [5.41, 5.74) is 1.05. The molecule has 6 nitrogen and oxygen atoms in total. The zero-order valence-corrected chi connectivity index (χ0v) is 14.5. The number of nitrogens with zero attached hydrogens (tertiary/aromatic N) is 1. The molecule has 1 saturated heterocycles. The van der Waals surface area contributed by atoms with Crippen LogP contribution >= 0.6 is 0 Å². The lowest BCUT2D eigenvalue weighted by Crippen LogP contribution is -2.52. The normalized spacial score (nSPS) is 19.0. The number of hydrogen-bond donors (Lipinski definition) is 1. The molecule has 1 N–H and O–H groups in total. The van der Waals surface area contributed by atoms with E-state index in [2.05, 4.69) is 10.1 Å². The van der Waals surface area contributed by atoms with E-state index in [0.29, 0.717) is 26.1 Å². The zero-order chi connectivity index (χ0) is 17.5. The van der Waals surface area contributed by atoms with Crippen LogP contribution in [0.1, 0.15) is 31.9 Å². The van der Waals surface area contributed by atoms with Crippen molar-refractivity contribution in [3.05, 3.63) is 35.9 Å². The minimum Gasteiger partial charge on any atom is -0.453 e. The fourth-order valence-electron chi connectivity index (χ4n) is 2.83. The summed E-state index contributed by atoms with van der Waals surface area (Å²) < 4.78 is 10.4. The first-order valence-corrected chi connectivity index (χ1v) is 8.31. The van der Waals surface area contributed by atoms with Crippen LogP contribution in [0.5, 0.6) is 0 Å². The average Bonchev–Trinajstić information content (AvgIpc) is 2.61. The molecule has 1 aliphatic heterocycles. The van der Waals surface area contributed by atoms with Gasteiger partial charge in [0.25, 0.3) is 0 Å². The lowest BCUT2D eigenvalue weighted by molar-refractivity contribution is -0.141. The van der Waals surface area contributed by atoms with Crippen molar-refractivity contribution in [3.63, 3.8) is 0 Å². The van der Waals surface area contributed by atoms with E-state index in [9.17, 15) is 9.59 Å². The minimum absolute atomic E-state index is 0.0849. The quantitative estimate of drug-likeness (QED) is 0.897. The topological polar surface area (TPSA) is 67.9 Å². The van der Waals surface area contributed by atoms with Gasteiger partial charge in [-0.25, -0.2) is 4.79 Å². The number of benzene rings is 1. The van der Waals surface area contributed by atoms with E-state index in [-0.39, 0.29) is 17.9 Å². The lowest BCUT2D eigenvalue weighted by Gasteiger charge is -2.35. The van der Waals surface area contributed by atoms with Gasteiger partial charge < -0.3 is 19.7 Å². The molecule has 1 aliphatic rings. The molecule has 2 atom stereocenters. The Morgan fingerprint density at radius 1 is 1.33 bits per heavy atom. The van der Waals surface area contributed by atoms with Gasteiger partial charge in [-0.2, -0.15) is 0 Å². The Kier molecular flexibility index (Phi) is 6.61. The van der Waals surface area contributed by atoms with Gasteiger partial charge in [0.15, 0.2) is 0 Å². The van der Waals surface area contributed by atoms with E-state index in [0.717, 1.165) is 5.56 Å². The van der Waals surface area contributed by atoms with Crippen molar-refractivity contribution in [3.8, 4) is 0 Å². The lowest BCUT2D eigenvalue weighted by atomic mass is 10.0. The monoisotopic (exact) mass is 334 g/mol. The molecule has 1 aromatic carbocycles.